The maximum atomic E-state index is 5.32. The molecule has 0 aliphatic rings. The first-order chi connectivity index (χ1) is 5.24. The zero-order valence-corrected chi connectivity index (χ0v) is 8.31. The molecule has 0 atom stereocenters. The summed E-state index contributed by atoms with van der Waals surface area (Å²) in [6.45, 7) is 4.76. The largest absolute Gasteiger partial charge is 0.494 e. The third-order valence-electron chi connectivity index (χ3n) is 1.44. The fraction of sp³-hybridized carbons (Fsp3) is 0.333. The molecule has 0 aliphatic carbocycles. The highest BCUT2D eigenvalue weighted by Crippen LogP contribution is 2.21. The number of hydrogen-bond donors (Lipinski definition) is 0. The normalized spacial score (nSPS) is 9.73. The summed E-state index contributed by atoms with van der Waals surface area (Å²) in [6.07, 6.45) is 0. The van der Waals surface area contributed by atoms with Crippen LogP contribution in [0.4, 0.5) is 0 Å². The average molecular weight is 215 g/mol. The predicted molar refractivity (Wildman–Crippen MR) is 50.0 cm³/mol. The Kier molecular flexibility index (Phi) is 2.94. The molecule has 11 heavy (non-hydrogen) atoms. The Hall–Kier alpha value is -0.500. The average Bonchev–Trinajstić information content (AvgIpc) is 1.98. The Morgan fingerprint density at radius 1 is 1.45 bits per heavy atom. The minimum atomic E-state index is 0.723. The number of ether oxygens (including phenoxy) is 1. The van der Waals surface area contributed by atoms with Gasteiger partial charge in [0.15, 0.2) is 0 Å². The Labute approximate surface area is 75.5 Å². The molecule has 0 bridgehead atoms. The topological polar surface area (TPSA) is 9.23 Å². The highest BCUT2D eigenvalue weighted by Gasteiger charge is 1.95. The van der Waals surface area contributed by atoms with E-state index in [2.05, 4.69) is 15.9 Å². The molecule has 0 amide bonds. The highest BCUT2D eigenvalue weighted by molar-refractivity contribution is 9.10. The molecule has 0 saturated carbocycles. The van der Waals surface area contributed by atoms with Gasteiger partial charge in [-0.2, -0.15) is 0 Å². The first-order valence-electron chi connectivity index (χ1n) is 3.63. The molecule has 1 nitrogen and oxygen atoms in total. The van der Waals surface area contributed by atoms with Crippen molar-refractivity contribution in [2.45, 2.75) is 13.8 Å². The van der Waals surface area contributed by atoms with Crippen LogP contribution in [0.15, 0.2) is 22.7 Å². The molecule has 1 aromatic rings. The molecule has 1 rings (SSSR count). The van der Waals surface area contributed by atoms with Gasteiger partial charge < -0.3 is 4.74 Å². The van der Waals surface area contributed by atoms with Gasteiger partial charge in [0.1, 0.15) is 5.75 Å². The van der Waals surface area contributed by atoms with E-state index in [1.54, 1.807) is 0 Å². The van der Waals surface area contributed by atoms with Gasteiger partial charge in [-0.15, -0.1) is 0 Å². The van der Waals surface area contributed by atoms with Gasteiger partial charge in [0.25, 0.3) is 0 Å². The van der Waals surface area contributed by atoms with Crippen LogP contribution in [0.2, 0.25) is 0 Å². The summed E-state index contributed by atoms with van der Waals surface area (Å²) < 4.78 is 6.45. The first-order valence-corrected chi connectivity index (χ1v) is 4.42. The van der Waals surface area contributed by atoms with Crippen LogP contribution in [0.5, 0.6) is 5.75 Å². The fourth-order valence-corrected chi connectivity index (χ4v) is 1.12. The summed E-state index contributed by atoms with van der Waals surface area (Å²) in [7, 11) is 0. The second kappa shape index (κ2) is 3.77. The molecule has 0 saturated heterocycles. The van der Waals surface area contributed by atoms with Crippen LogP contribution >= 0.6 is 15.9 Å². The summed E-state index contributed by atoms with van der Waals surface area (Å²) in [6, 6.07) is 5.98. The van der Waals surface area contributed by atoms with E-state index < -0.39 is 0 Å². The Bertz CT molecular complexity index is 245. The molecule has 0 unspecified atom stereocenters. The van der Waals surface area contributed by atoms with Gasteiger partial charge in [-0.3, -0.25) is 0 Å². The summed E-state index contributed by atoms with van der Waals surface area (Å²) in [4.78, 5) is 0. The second-order valence-corrected chi connectivity index (χ2v) is 3.20. The van der Waals surface area contributed by atoms with E-state index in [4.69, 9.17) is 4.74 Å². The van der Waals surface area contributed by atoms with Crippen molar-refractivity contribution in [2.75, 3.05) is 6.61 Å². The van der Waals surface area contributed by atoms with Crippen molar-refractivity contribution in [1.29, 1.82) is 0 Å². The molecule has 0 radical (unpaired) electrons. The van der Waals surface area contributed by atoms with Crippen molar-refractivity contribution in [3.05, 3.63) is 28.2 Å². The molecule has 0 fully saturated rings. The predicted octanol–water partition coefficient (Wildman–Crippen LogP) is 3.16. The summed E-state index contributed by atoms with van der Waals surface area (Å²) >= 11 is 3.42. The Morgan fingerprint density at radius 3 is 2.73 bits per heavy atom. The number of rotatable bonds is 2. The quantitative estimate of drug-likeness (QED) is 0.736. The lowest BCUT2D eigenvalue weighted by molar-refractivity contribution is 0.340. The third kappa shape index (κ3) is 2.22. The van der Waals surface area contributed by atoms with Crippen LogP contribution in [0.25, 0.3) is 0 Å². The highest BCUT2D eigenvalue weighted by atomic mass is 79.9. The van der Waals surface area contributed by atoms with E-state index in [9.17, 15) is 0 Å². The number of benzene rings is 1. The summed E-state index contributed by atoms with van der Waals surface area (Å²) in [5.74, 6) is 0.938. The molecule has 2 heteroatoms. The van der Waals surface area contributed by atoms with Crippen LogP contribution in [-0.2, 0) is 0 Å². The van der Waals surface area contributed by atoms with Crippen LogP contribution < -0.4 is 4.74 Å². The monoisotopic (exact) mass is 214 g/mol. The Morgan fingerprint density at radius 2 is 2.18 bits per heavy atom. The second-order valence-electron chi connectivity index (χ2n) is 2.34. The molecule has 1 aromatic carbocycles. The maximum Gasteiger partial charge on any atom is 0.119 e. The summed E-state index contributed by atoms with van der Waals surface area (Å²) in [5, 5.41) is 0. The van der Waals surface area contributed by atoms with Crippen LogP contribution in [-0.4, -0.2) is 6.61 Å². The minimum absolute atomic E-state index is 0.723. The molecule has 0 spiro atoms. The van der Waals surface area contributed by atoms with Crippen LogP contribution in [0.1, 0.15) is 12.5 Å². The molecular formula is C9H11BrO. The van der Waals surface area contributed by atoms with Crippen molar-refractivity contribution in [3.8, 4) is 5.75 Å². The van der Waals surface area contributed by atoms with Gasteiger partial charge in [-0.25, -0.2) is 0 Å². The molecule has 0 heterocycles. The molecule has 0 aliphatic heterocycles. The van der Waals surface area contributed by atoms with Crippen molar-refractivity contribution < 1.29 is 4.74 Å². The third-order valence-corrected chi connectivity index (χ3v) is 2.33. The number of hydrogen-bond acceptors (Lipinski definition) is 1. The zero-order chi connectivity index (χ0) is 8.27. The molecule has 0 aromatic heterocycles. The lowest BCUT2D eigenvalue weighted by Gasteiger charge is -2.04. The van der Waals surface area contributed by atoms with E-state index in [1.165, 1.54) is 5.56 Å². The lowest BCUT2D eigenvalue weighted by atomic mass is 10.2. The van der Waals surface area contributed by atoms with Crippen LogP contribution in [0, 0.1) is 6.92 Å². The maximum absolute atomic E-state index is 5.32. The van der Waals surface area contributed by atoms with Gasteiger partial charge >= 0.3 is 0 Å². The molecule has 60 valence electrons. The molecular weight excluding hydrogens is 204 g/mol. The number of halogens is 1. The first kappa shape index (κ1) is 8.60. The van der Waals surface area contributed by atoms with Gasteiger partial charge in [0.05, 0.1) is 6.61 Å². The van der Waals surface area contributed by atoms with Crippen molar-refractivity contribution >= 4 is 15.9 Å². The van der Waals surface area contributed by atoms with Gasteiger partial charge in [0.2, 0.25) is 0 Å². The Balaban J connectivity index is 2.86. The van der Waals surface area contributed by atoms with Gasteiger partial charge in [-0.05, 0) is 37.6 Å². The number of aryl methyl sites for hydroxylation is 1. The smallest absolute Gasteiger partial charge is 0.119 e. The standard InChI is InChI=1S/C9H11BrO/c1-3-11-8-4-5-9(10)7(2)6-8/h4-6H,3H2,1-2H3. The van der Waals surface area contributed by atoms with Crippen molar-refractivity contribution in [3.63, 3.8) is 0 Å². The van der Waals surface area contributed by atoms with E-state index in [1.807, 2.05) is 32.0 Å². The molecule has 0 N–H and O–H groups in total. The van der Waals surface area contributed by atoms with Gasteiger partial charge in [-0.1, -0.05) is 15.9 Å². The van der Waals surface area contributed by atoms with Crippen molar-refractivity contribution in [2.24, 2.45) is 0 Å². The lowest BCUT2D eigenvalue weighted by Crippen LogP contribution is -1.91. The minimum Gasteiger partial charge on any atom is -0.494 e. The van der Waals surface area contributed by atoms with Crippen molar-refractivity contribution in [1.82, 2.24) is 0 Å². The van der Waals surface area contributed by atoms with E-state index in [0.717, 1.165) is 16.8 Å². The fourth-order valence-electron chi connectivity index (χ4n) is 0.874. The SMILES string of the molecule is CCOc1ccc(Br)c(C)c1. The van der Waals surface area contributed by atoms with Gasteiger partial charge in [0, 0.05) is 4.47 Å². The summed E-state index contributed by atoms with van der Waals surface area (Å²) in [5.41, 5.74) is 1.20. The van der Waals surface area contributed by atoms with E-state index >= 15 is 0 Å². The van der Waals surface area contributed by atoms with Crippen LogP contribution in [0.3, 0.4) is 0 Å². The zero-order valence-electron chi connectivity index (χ0n) is 6.73. The van der Waals surface area contributed by atoms with E-state index in [-0.39, 0.29) is 0 Å². The van der Waals surface area contributed by atoms with E-state index in [0.29, 0.717) is 0 Å².